The van der Waals surface area contributed by atoms with Gasteiger partial charge in [-0.15, -0.1) is 0 Å². The van der Waals surface area contributed by atoms with Crippen molar-refractivity contribution in [2.75, 3.05) is 6.54 Å². The van der Waals surface area contributed by atoms with E-state index in [1.165, 1.54) is 18.2 Å². The maximum atomic E-state index is 13.9. The van der Waals surface area contributed by atoms with Crippen LogP contribution < -0.4 is 0 Å². The molecule has 1 aliphatic rings. The normalized spacial score (nSPS) is 15.6. The molecule has 0 aromatic heterocycles. The maximum Gasteiger partial charge on any atom is 0.260 e. The smallest absolute Gasteiger partial charge is 0.260 e. The predicted octanol–water partition coefficient (Wildman–Crippen LogP) is 3.96. The molecule has 1 aliphatic carbocycles. The molecule has 0 radical (unpaired) electrons. The molecule has 116 valence electrons. The number of carbonyl (C=O) groups excluding carboxylic acids is 1. The Hall–Kier alpha value is -1.58. The summed E-state index contributed by atoms with van der Waals surface area (Å²) in [5, 5.41) is 9.84. The summed E-state index contributed by atoms with van der Waals surface area (Å²) in [6.07, 6.45) is 5.05. The Morgan fingerprint density at radius 1 is 1.38 bits per heavy atom. The maximum absolute atomic E-state index is 13.9. The zero-order chi connectivity index (χ0) is 15.4. The van der Waals surface area contributed by atoms with Crippen molar-refractivity contribution in [3.05, 3.63) is 29.6 Å². The summed E-state index contributed by atoms with van der Waals surface area (Å²) in [7, 11) is 0. The number of aromatic hydroxyl groups is 1. The summed E-state index contributed by atoms with van der Waals surface area (Å²) in [5.41, 5.74) is -0.187. The van der Waals surface area contributed by atoms with Crippen molar-refractivity contribution in [3.8, 4) is 5.75 Å². The van der Waals surface area contributed by atoms with Crippen molar-refractivity contribution in [1.82, 2.24) is 4.90 Å². The first-order valence-corrected chi connectivity index (χ1v) is 7.79. The Kier molecular flexibility index (Phi) is 5.21. The summed E-state index contributed by atoms with van der Waals surface area (Å²) >= 11 is 0. The largest absolute Gasteiger partial charge is 0.507 e. The van der Waals surface area contributed by atoms with E-state index in [-0.39, 0.29) is 23.3 Å². The molecule has 1 N–H and O–H groups in total. The Morgan fingerprint density at radius 3 is 2.62 bits per heavy atom. The van der Waals surface area contributed by atoms with Crippen molar-refractivity contribution < 1.29 is 14.3 Å². The van der Waals surface area contributed by atoms with E-state index in [4.69, 9.17) is 0 Å². The highest BCUT2D eigenvalue weighted by atomic mass is 19.1. The number of phenolic OH excluding ortho intramolecular Hbond substituents is 1. The molecule has 1 saturated carbocycles. The van der Waals surface area contributed by atoms with Gasteiger partial charge in [0.05, 0.1) is 0 Å². The molecule has 0 saturated heterocycles. The second-order valence-electron chi connectivity index (χ2n) is 6.25. The van der Waals surface area contributed by atoms with Gasteiger partial charge in [-0.2, -0.15) is 0 Å². The van der Waals surface area contributed by atoms with E-state index in [0.717, 1.165) is 32.1 Å². The van der Waals surface area contributed by atoms with E-state index >= 15 is 0 Å². The summed E-state index contributed by atoms with van der Waals surface area (Å²) in [5.74, 6) is -0.811. The molecule has 0 atom stereocenters. The van der Waals surface area contributed by atoms with Crippen molar-refractivity contribution >= 4 is 5.91 Å². The van der Waals surface area contributed by atoms with E-state index in [2.05, 4.69) is 13.8 Å². The van der Waals surface area contributed by atoms with E-state index in [1.807, 2.05) is 0 Å². The van der Waals surface area contributed by atoms with Crippen LogP contribution in [0.5, 0.6) is 5.75 Å². The van der Waals surface area contributed by atoms with Crippen molar-refractivity contribution in [2.45, 2.75) is 52.0 Å². The van der Waals surface area contributed by atoms with Crippen LogP contribution in [0, 0.1) is 11.7 Å². The second-order valence-corrected chi connectivity index (χ2v) is 6.25. The molecule has 1 aromatic carbocycles. The Bertz CT molecular complexity index is 475. The third-order valence-electron chi connectivity index (χ3n) is 4.18. The van der Waals surface area contributed by atoms with Crippen LogP contribution in [0.15, 0.2) is 18.2 Å². The minimum atomic E-state index is -0.646. The van der Waals surface area contributed by atoms with E-state index in [1.54, 1.807) is 4.90 Å². The van der Waals surface area contributed by atoms with Gasteiger partial charge in [-0.3, -0.25) is 4.79 Å². The van der Waals surface area contributed by atoms with E-state index in [9.17, 15) is 14.3 Å². The molecule has 1 amide bonds. The predicted molar refractivity (Wildman–Crippen MR) is 80.8 cm³/mol. The lowest BCUT2D eigenvalue weighted by Gasteiger charge is -2.30. The van der Waals surface area contributed by atoms with Crippen LogP contribution in [0.3, 0.4) is 0 Å². The molecule has 0 aliphatic heterocycles. The lowest BCUT2D eigenvalue weighted by atomic mass is 10.1. The lowest BCUT2D eigenvalue weighted by molar-refractivity contribution is 0.0664. The topological polar surface area (TPSA) is 40.5 Å². The minimum absolute atomic E-state index is 0.176. The average Bonchev–Trinajstić information content (AvgIpc) is 2.92. The Morgan fingerprint density at radius 2 is 2.05 bits per heavy atom. The number of rotatable bonds is 5. The van der Waals surface area contributed by atoms with Gasteiger partial charge in [-0.05, 0) is 37.3 Å². The number of halogens is 1. The fraction of sp³-hybridized carbons (Fsp3) is 0.588. The number of phenols is 1. The average molecular weight is 293 g/mol. The lowest BCUT2D eigenvalue weighted by Crippen LogP contribution is -2.40. The number of hydrogen-bond acceptors (Lipinski definition) is 2. The third-order valence-corrected chi connectivity index (χ3v) is 4.18. The molecular formula is C17H24FNO2. The molecule has 0 unspecified atom stereocenters. The van der Waals surface area contributed by atoms with Gasteiger partial charge in [0.15, 0.2) is 0 Å². The molecule has 21 heavy (non-hydrogen) atoms. The zero-order valence-electron chi connectivity index (χ0n) is 12.8. The van der Waals surface area contributed by atoms with E-state index < -0.39 is 5.82 Å². The summed E-state index contributed by atoms with van der Waals surface area (Å²) in [6.45, 7) is 4.84. The van der Waals surface area contributed by atoms with Gasteiger partial charge in [0.1, 0.15) is 17.1 Å². The first-order chi connectivity index (χ1) is 10.0. The number of nitrogens with zero attached hydrogens (tertiary/aromatic N) is 1. The highest BCUT2D eigenvalue weighted by Gasteiger charge is 2.30. The number of carbonyl (C=O) groups is 1. The molecule has 2 rings (SSSR count). The van der Waals surface area contributed by atoms with Crippen LogP contribution in [0.2, 0.25) is 0 Å². The number of amides is 1. The van der Waals surface area contributed by atoms with Crippen LogP contribution in [0.25, 0.3) is 0 Å². The van der Waals surface area contributed by atoms with E-state index in [0.29, 0.717) is 12.5 Å². The number of benzene rings is 1. The van der Waals surface area contributed by atoms with Gasteiger partial charge in [-0.1, -0.05) is 32.8 Å². The van der Waals surface area contributed by atoms with Gasteiger partial charge >= 0.3 is 0 Å². The Balaban J connectivity index is 2.24. The fourth-order valence-electron chi connectivity index (χ4n) is 2.93. The molecular weight excluding hydrogens is 269 g/mol. The van der Waals surface area contributed by atoms with Gasteiger partial charge in [-0.25, -0.2) is 4.39 Å². The number of hydrogen-bond donors (Lipinski definition) is 1. The molecule has 1 aromatic rings. The van der Waals surface area contributed by atoms with Crippen molar-refractivity contribution in [3.63, 3.8) is 0 Å². The van der Waals surface area contributed by atoms with Crippen molar-refractivity contribution in [2.24, 2.45) is 5.92 Å². The molecule has 0 bridgehead atoms. The Labute approximate surface area is 125 Å². The molecule has 3 nitrogen and oxygen atoms in total. The van der Waals surface area contributed by atoms with Gasteiger partial charge in [0, 0.05) is 12.6 Å². The zero-order valence-corrected chi connectivity index (χ0v) is 12.8. The third kappa shape index (κ3) is 3.74. The van der Waals surface area contributed by atoms with Crippen LogP contribution in [0.1, 0.15) is 56.3 Å². The standard InChI is InChI=1S/C17H24FNO2/c1-12(2)10-11-19(13-6-3-4-7-13)17(21)16-14(18)8-5-9-15(16)20/h5,8-9,12-13,20H,3-4,6-7,10-11H2,1-2H3. The van der Waals surface area contributed by atoms with Crippen LogP contribution >= 0.6 is 0 Å². The van der Waals surface area contributed by atoms with Crippen LogP contribution in [-0.4, -0.2) is 28.5 Å². The van der Waals surface area contributed by atoms with Gasteiger partial charge < -0.3 is 10.0 Å². The van der Waals surface area contributed by atoms with Crippen molar-refractivity contribution in [1.29, 1.82) is 0 Å². The highest BCUT2D eigenvalue weighted by molar-refractivity contribution is 5.97. The molecule has 1 fully saturated rings. The first kappa shape index (κ1) is 15.8. The second kappa shape index (κ2) is 6.92. The minimum Gasteiger partial charge on any atom is -0.507 e. The van der Waals surface area contributed by atoms with Gasteiger partial charge in [0.25, 0.3) is 5.91 Å². The van der Waals surface area contributed by atoms with Gasteiger partial charge in [0.2, 0.25) is 0 Å². The molecule has 4 heteroatoms. The monoisotopic (exact) mass is 293 g/mol. The van der Waals surface area contributed by atoms with Crippen LogP contribution in [0.4, 0.5) is 4.39 Å². The van der Waals surface area contributed by atoms with Crippen LogP contribution in [-0.2, 0) is 0 Å². The summed E-state index contributed by atoms with van der Waals surface area (Å²) in [6, 6.07) is 4.18. The quantitative estimate of drug-likeness (QED) is 0.892. The SMILES string of the molecule is CC(C)CCN(C(=O)c1c(O)cccc1F)C1CCCC1. The summed E-state index contributed by atoms with van der Waals surface area (Å²) in [4.78, 5) is 14.5. The summed E-state index contributed by atoms with van der Waals surface area (Å²) < 4.78 is 13.9. The molecule has 0 heterocycles. The fourth-order valence-corrected chi connectivity index (χ4v) is 2.93. The molecule has 0 spiro atoms. The first-order valence-electron chi connectivity index (χ1n) is 7.79. The highest BCUT2D eigenvalue weighted by Crippen LogP contribution is 2.28.